The summed E-state index contributed by atoms with van der Waals surface area (Å²) in [6, 6.07) is 19.5. The predicted molar refractivity (Wildman–Crippen MR) is 94.9 cm³/mol. The van der Waals surface area contributed by atoms with Crippen LogP contribution >= 0.6 is 11.3 Å². The highest BCUT2D eigenvalue weighted by Gasteiger charge is 2.08. The molecule has 4 nitrogen and oxygen atoms in total. The van der Waals surface area contributed by atoms with Crippen molar-refractivity contribution in [3.05, 3.63) is 82.3 Å². The van der Waals surface area contributed by atoms with Gasteiger partial charge in [-0.1, -0.05) is 48.5 Å². The summed E-state index contributed by atoms with van der Waals surface area (Å²) in [7, 11) is 0. The fourth-order valence-corrected chi connectivity index (χ4v) is 2.89. The van der Waals surface area contributed by atoms with Gasteiger partial charge in [0.15, 0.2) is 0 Å². The maximum absolute atomic E-state index is 12.0. The van der Waals surface area contributed by atoms with E-state index in [1.807, 2.05) is 66.0 Å². The molecule has 1 aromatic heterocycles. The molecule has 3 rings (SSSR count). The zero-order valence-corrected chi connectivity index (χ0v) is 14.0. The average Bonchev–Trinajstić information content (AvgIpc) is 3.07. The van der Waals surface area contributed by atoms with Crippen LogP contribution in [0, 0.1) is 0 Å². The first kappa shape index (κ1) is 16.2. The Morgan fingerprint density at radius 3 is 2.50 bits per heavy atom. The number of rotatable bonds is 7. The monoisotopic (exact) mass is 338 g/mol. The van der Waals surface area contributed by atoms with Crippen molar-refractivity contribution in [1.29, 1.82) is 0 Å². The Bertz CT molecular complexity index is 772. The van der Waals surface area contributed by atoms with Crippen LogP contribution in [0.15, 0.2) is 66.0 Å². The van der Waals surface area contributed by atoms with E-state index < -0.39 is 0 Å². The van der Waals surface area contributed by atoms with Gasteiger partial charge in [-0.05, 0) is 17.7 Å². The summed E-state index contributed by atoms with van der Waals surface area (Å²) in [6.45, 7) is 0.952. The van der Waals surface area contributed by atoms with Crippen LogP contribution in [0.5, 0.6) is 5.75 Å². The Morgan fingerprint density at radius 2 is 1.75 bits per heavy atom. The summed E-state index contributed by atoms with van der Waals surface area (Å²) >= 11 is 1.51. The molecule has 1 amide bonds. The molecule has 0 saturated heterocycles. The lowest BCUT2D eigenvalue weighted by molar-refractivity contribution is -0.120. The lowest BCUT2D eigenvalue weighted by atomic mass is 10.2. The van der Waals surface area contributed by atoms with E-state index in [-0.39, 0.29) is 12.3 Å². The second-order valence-corrected chi connectivity index (χ2v) is 6.22. The minimum absolute atomic E-state index is 0.0281. The van der Waals surface area contributed by atoms with Gasteiger partial charge in [0, 0.05) is 11.9 Å². The lowest BCUT2D eigenvalue weighted by Crippen LogP contribution is -2.24. The predicted octanol–water partition coefficient (Wildman–Crippen LogP) is 3.58. The van der Waals surface area contributed by atoms with Gasteiger partial charge in [0.05, 0.1) is 12.1 Å². The Morgan fingerprint density at radius 1 is 1.04 bits per heavy atom. The van der Waals surface area contributed by atoms with Gasteiger partial charge in [-0.25, -0.2) is 4.98 Å². The molecule has 0 aliphatic carbocycles. The van der Waals surface area contributed by atoms with Crippen molar-refractivity contribution in [2.45, 2.75) is 19.6 Å². The van der Waals surface area contributed by atoms with Crippen molar-refractivity contribution in [3.8, 4) is 5.75 Å². The van der Waals surface area contributed by atoms with Crippen molar-refractivity contribution in [1.82, 2.24) is 10.3 Å². The van der Waals surface area contributed by atoms with Gasteiger partial charge < -0.3 is 10.1 Å². The van der Waals surface area contributed by atoms with Crippen molar-refractivity contribution >= 4 is 17.2 Å². The third kappa shape index (κ3) is 4.93. The Labute approximate surface area is 145 Å². The van der Waals surface area contributed by atoms with Crippen LogP contribution in [0.3, 0.4) is 0 Å². The normalized spacial score (nSPS) is 10.3. The number of hydrogen-bond donors (Lipinski definition) is 1. The SMILES string of the molecule is O=C(Cc1csc(COc2ccccc2)n1)NCc1ccccc1. The van der Waals surface area contributed by atoms with Crippen LogP contribution < -0.4 is 10.1 Å². The molecular weight excluding hydrogens is 320 g/mol. The topological polar surface area (TPSA) is 51.2 Å². The van der Waals surface area contributed by atoms with E-state index in [4.69, 9.17) is 4.74 Å². The Kier molecular flexibility index (Phi) is 5.58. The lowest BCUT2D eigenvalue weighted by Gasteiger charge is -2.04. The molecule has 2 aromatic carbocycles. The zero-order chi connectivity index (χ0) is 16.6. The highest BCUT2D eigenvalue weighted by Crippen LogP contribution is 2.15. The van der Waals surface area contributed by atoms with Gasteiger partial charge >= 0.3 is 0 Å². The number of nitrogens with one attached hydrogen (secondary N) is 1. The zero-order valence-electron chi connectivity index (χ0n) is 13.1. The summed E-state index contributed by atoms with van der Waals surface area (Å²) < 4.78 is 5.66. The number of thiazole rings is 1. The second kappa shape index (κ2) is 8.26. The van der Waals surface area contributed by atoms with E-state index >= 15 is 0 Å². The molecule has 0 unspecified atom stereocenters. The summed E-state index contributed by atoms with van der Waals surface area (Å²) in [5, 5.41) is 5.68. The largest absolute Gasteiger partial charge is 0.486 e. The number of hydrogen-bond acceptors (Lipinski definition) is 4. The van der Waals surface area contributed by atoms with Crippen LogP contribution in [0.25, 0.3) is 0 Å². The molecule has 1 N–H and O–H groups in total. The van der Waals surface area contributed by atoms with Crippen LogP contribution in [0.4, 0.5) is 0 Å². The first-order valence-corrected chi connectivity index (χ1v) is 8.59. The standard InChI is InChI=1S/C19H18N2O2S/c22-18(20-12-15-7-3-1-4-8-15)11-16-14-24-19(21-16)13-23-17-9-5-2-6-10-17/h1-10,14H,11-13H2,(H,20,22). The molecule has 0 bridgehead atoms. The van der Waals surface area contributed by atoms with E-state index in [1.54, 1.807) is 0 Å². The minimum Gasteiger partial charge on any atom is -0.486 e. The number of carbonyl (C=O) groups excluding carboxylic acids is 1. The quantitative estimate of drug-likeness (QED) is 0.716. The number of nitrogens with zero attached hydrogens (tertiary/aromatic N) is 1. The molecule has 0 aliphatic rings. The van der Waals surface area contributed by atoms with E-state index in [2.05, 4.69) is 10.3 Å². The second-order valence-electron chi connectivity index (χ2n) is 5.27. The third-order valence-electron chi connectivity index (χ3n) is 3.38. The van der Waals surface area contributed by atoms with Gasteiger partial charge in [0.1, 0.15) is 17.4 Å². The molecule has 122 valence electrons. The molecule has 0 saturated carbocycles. The highest BCUT2D eigenvalue weighted by molar-refractivity contribution is 7.09. The first-order valence-electron chi connectivity index (χ1n) is 7.71. The Hall–Kier alpha value is -2.66. The number of ether oxygens (including phenoxy) is 1. The van der Waals surface area contributed by atoms with E-state index in [0.717, 1.165) is 22.0 Å². The van der Waals surface area contributed by atoms with Crippen LogP contribution in [-0.2, 0) is 24.4 Å². The van der Waals surface area contributed by atoms with E-state index in [1.165, 1.54) is 11.3 Å². The number of amides is 1. The van der Waals surface area contributed by atoms with E-state index in [9.17, 15) is 4.79 Å². The van der Waals surface area contributed by atoms with E-state index in [0.29, 0.717) is 13.2 Å². The molecule has 24 heavy (non-hydrogen) atoms. The molecule has 1 heterocycles. The highest BCUT2D eigenvalue weighted by atomic mass is 32.1. The fraction of sp³-hybridized carbons (Fsp3) is 0.158. The maximum Gasteiger partial charge on any atom is 0.226 e. The van der Waals surface area contributed by atoms with Crippen LogP contribution in [0.1, 0.15) is 16.3 Å². The van der Waals surface area contributed by atoms with Crippen molar-refractivity contribution in [2.24, 2.45) is 0 Å². The summed E-state index contributed by atoms with van der Waals surface area (Å²) in [5.41, 5.74) is 1.86. The van der Waals surface area contributed by atoms with Crippen LogP contribution in [-0.4, -0.2) is 10.9 Å². The number of aromatic nitrogens is 1. The molecule has 0 fully saturated rings. The van der Waals surface area contributed by atoms with Crippen molar-refractivity contribution in [3.63, 3.8) is 0 Å². The average molecular weight is 338 g/mol. The third-order valence-corrected chi connectivity index (χ3v) is 4.25. The summed E-state index contributed by atoms with van der Waals surface area (Å²) in [4.78, 5) is 16.4. The number of carbonyl (C=O) groups is 1. The first-order chi connectivity index (χ1) is 11.8. The molecule has 0 spiro atoms. The summed E-state index contributed by atoms with van der Waals surface area (Å²) in [6.07, 6.45) is 0.286. The van der Waals surface area contributed by atoms with Gasteiger partial charge in [0.25, 0.3) is 0 Å². The van der Waals surface area contributed by atoms with Gasteiger partial charge in [0.2, 0.25) is 5.91 Å². The minimum atomic E-state index is -0.0281. The molecule has 0 radical (unpaired) electrons. The fourth-order valence-electron chi connectivity index (χ4n) is 2.18. The number of benzene rings is 2. The van der Waals surface area contributed by atoms with Crippen molar-refractivity contribution in [2.75, 3.05) is 0 Å². The van der Waals surface area contributed by atoms with Crippen molar-refractivity contribution < 1.29 is 9.53 Å². The molecule has 0 aliphatic heterocycles. The van der Waals surface area contributed by atoms with Crippen LogP contribution in [0.2, 0.25) is 0 Å². The van der Waals surface area contributed by atoms with Gasteiger partial charge in [-0.2, -0.15) is 0 Å². The van der Waals surface area contributed by atoms with Gasteiger partial charge in [-0.15, -0.1) is 11.3 Å². The summed E-state index contributed by atoms with van der Waals surface area (Å²) in [5.74, 6) is 0.787. The molecule has 0 atom stereocenters. The molecule has 3 aromatic rings. The molecular formula is C19H18N2O2S. The van der Waals surface area contributed by atoms with Gasteiger partial charge in [-0.3, -0.25) is 4.79 Å². The smallest absolute Gasteiger partial charge is 0.226 e. The maximum atomic E-state index is 12.0. The number of para-hydroxylation sites is 1. The Balaban J connectivity index is 1.46. The molecule has 5 heteroatoms.